The van der Waals surface area contributed by atoms with E-state index in [1.54, 1.807) is 42.5 Å². The molecular formula is C21H20ClN3O4S. The van der Waals surface area contributed by atoms with Crippen LogP contribution in [0.25, 0.3) is 16.7 Å². The molecule has 1 saturated heterocycles. The predicted molar refractivity (Wildman–Crippen MR) is 116 cm³/mol. The Morgan fingerprint density at radius 3 is 2.53 bits per heavy atom. The Hall–Kier alpha value is -2.68. The maximum Gasteiger partial charge on any atom is 0.243 e. The molecule has 4 rings (SSSR count). The van der Waals surface area contributed by atoms with Gasteiger partial charge in [0.1, 0.15) is 5.52 Å². The highest BCUT2D eigenvalue weighted by molar-refractivity contribution is 7.89. The van der Waals surface area contributed by atoms with Crippen molar-refractivity contribution in [1.82, 2.24) is 9.29 Å². The van der Waals surface area contributed by atoms with Crippen molar-refractivity contribution in [3.63, 3.8) is 0 Å². The number of piperidine rings is 1. The van der Waals surface area contributed by atoms with Crippen LogP contribution in [0.15, 0.2) is 58.0 Å². The lowest BCUT2D eigenvalue weighted by Crippen LogP contribution is -2.35. The zero-order chi connectivity index (χ0) is 21.1. The molecule has 0 radical (unpaired) electrons. The number of carbonyl (C=O) groups is 1. The molecule has 1 aliphatic rings. The molecule has 0 bridgehead atoms. The Morgan fingerprint density at radius 1 is 1.10 bits per heavy atom. The van der Waals surface area contributed by atoms with E-state index in [2.05, 4.69) is 10.3 Å². The molecule has 0 atom stereocenters. The third-order valence-corrected chi connectivity index (χ3v) is 7.07. The third kappa shape index (κ3) is 4.26. The van der Waals surface area contributed by atoms with E-state index in [0.29, 0.717) is 41.2 Å². The van der Waals surface area contributed by atoms with Crippen molar-refractivity contribution in [3.8, 4) is 0 Å². The summed E-state index contributed by atoms with van der Waals surface area (Å²) in [6.45, 7) is 1.12. The van der Waals surface area contributed by atoms with Crippen molar-refractivity contribution in [2.75, 3.05) is 18.4 Å². The van der Waals surface area contributed by atoms with Gasteiger partial charge in [0.25, 0.3) is 0 Å². The van der Waals surface area contributed by atoms with Gasteiger partial charge in [-0.25, -0.2) is 13.4 Å². The molecule has 3 aromatic rings. The van der Waals surface area contributed by atoms with Crippen molar-refractivity contribution < 1.29 is 17.6 Å². The second-order valence-corrected chi connectivity index (χ2v) is 9.36. The molecule has 1 aliphatic heterocycles. The number of nitrogens with zero attached hydrogens (tertiary/aromatic N) is 2. The minimum absolute atomic E-state index is 0.166. The van der Waals surface area contributed by atoms with Crippen LogP contribution in [0.2, 0.25) is 5.02 Å². The predicted octanol–water partition coefficient (Wildman–Crippen LogP) is 4.31. The number of fused-ring (bicyclic) bond motifs is 1. The third-order valence-electron chi connectivity index (χ3n) is 4.92. The summed E-state index contributed by atoms with van der Waals surface area (Å²) in [5, 5.41) is 3.51. The smallest absolute Gasteiger partial charge is 0.243 e. The van der Waals surface area contributed by atoms with Gasteiger partial charge < -0.3 is 9.73 Å². The van der Waals surface area contributed by atoms with E-state index >= 15 is 0 Å². The second kappa shape index (κ2) is 8.59. The Morgan fingerprint density at radius 2 is 1.83 bits per heavy atom. The number of hydrogen-bond donors (Lipinski definition) is 1. The normalized spacial score (nSPS) is 16.0. The molecule has 2 heterocycles. The highest BCUT2D eigenvalue weighted by atomic mass is 35.5. The summed E-state index contributed by atoms with van der Waals surface area (Å²) in [6.07, 6.45) is 4.94. The van der Waals surface area contributed by atoms with Gasteiger partial charge in [0.15, 0.2) is 11.9 Å². The Kier molecular flexibility index (Phi) is 5.90. The molecule has 0 spiro atoms. The molecule has 156 valence electrons. The van der Waals surface area contributed by atoms with Crippen molar-refractivity contribution in [3.05, 3.63) is 59.6 Å². The highest BCUT2D eigenvalue weighted by Gasteiger charge is 2.25. The van der Waals surface area contributed by atoms with Gasteiger partial charge in [-0.15, -0.1) is 0 Å². The average Bonchev–Trinajstić information content (AvgIpc) is 3.18. The van der Waals surface area contributed by atoms with Gasteiger partial charge in [0.2, 0.25) is 15.9 Å². The molecule has 0 saturated carbocycles. The molecule has 1 fully saturated rings. The number of rotatable bonds is 6. The molecule has 0 unspecified atom stereocenters. The molecule has 0 amide bonds. The molecule has 2 aromatic carbocycles. The number of aromatic nitrogens is 1. The Bertz CT molecular complexity index is 1200. The van der Waals surface area contributed by atoms with Crippen LogP contribution in [-0.4, -0.2) is 37.1 Å². The van der Waals surface area contributed by atoms with Gasteiger partial charge in [0, 0.05) is 30.0 Å². The van der Waals surface area contributed by atoms with Crippen LogP contribution < -0.4 is 5.32 Å². The van der Waals surface area contributed by atoms with E-state index in [9.17, 15) is 13.2 Å². The minimum Gasteiger partial charge on any atom is -0.436 e. The van der Waals surface area contributed by atoms with Gasteiger partial charge in [0.05, 0.1) is 10.5 Å². The lowest BCUT2D eigenvalue weighted by molar-refractivity contribution is -0.103. The van der Waals surface area contributed by atoms with Crippen LogP contribution in [0.3, 0.4) is 0 Å². The maximum absolute atomic E-state index is 12.7. The summed E-state index contributed by atoms with van der Waals surface area (Å²) in [7, 11) is -3.48. The lowest BCUT2D eigenvalue weighted by Gasteiger charge is -2.25. The quantitative estimate of drug-likeness (QED) is 0.449. The largest absolute Gasteiger partial charge is 0.436 e. The van der Waals surface area contributed by atoms with Crippen molar-refractivity contribution in [2.45, 2.75) is 24.2 Å². The zero-order valence-corrected chi connectivity index (χ0v) is 17.6. The van der Waals surface area contributed by atoms with Crippen molar-refractivity contribution in [1.29, 1.82) is 0 Å². The van der Waals surface area contributed by atoms with E-state index < -0.39 is 10.0 Å². The Labute approximate surface area is 179 Å². The van der Waals surface area contributed by atoms with E-state index in [-0.39, 0.29) is 16.4 Å². The number of nitrogens with one attached hydrogen (secondary N) is 1. The summed E-state index contributed by atoms with van der Waals surface area (Å²) in [4.78, 5) is 16.0. The number of benzene rings is 2. The number of allylic oxidation sites excluding steroid dienone is 1. The number of halogens is 1. The monoisotopic (exact) mass is 445 g/mol. The number of aldehydes is 1. The first-order valence-corrected chi connectivity index (χ1v) is 11.4. The first-order valence-electron chi connectivity index (χ1n) is 9.56. The number of hydrogen-bond acceptors (Lipinski definition) is 6. The van der Waals surface area contributed by atoms with Gasteiger partial charge in [-0.05, 0) is 55.3 Å². The molecule has 7 nitrogen and oxygen atoms in total. The van der Waals surface area contributed by atoms with Gasteiger partial charge in [-0.3, -0.25) is 4.79 Å². The fourth-order valence-corrected chi connectivity index (χ4v) is 4.99. The van der Waals surface area contributed by atoms with Crippen LogP contribution in [0, 0.1) is 0 Å². The molecule has 0 aliphatic carbocycles. The number of carbonyl (C=O) groups excluding carboxylic acids is 1. The summed E-state index contributed by atoms with van der Waals surface area (Å²) in [5.74, 6) is 0.166. The average molecular weight is 446 g/mol. The number of oxazole rings is 1. The van der Waals surface area contributed by atoms with Crippen molar-refractivity contribution in [2.24, 2.45) is 0 Å². The van der Waals surface area contributed by atoms with Crippen LogP contribution in [0.4, 0.5) is 5.69 Å². The van der Waals surface area contributed by atoms with E-state index in [4.69, 9.17) is 16.0 Å². The highest BCUT2D eigenvalue weighted by Crippen LogP contribution is 2.24. The van der Waals surface area contributed by atoms with Gasteiger partial charge >= 0.3 is 0 Å². The van der Waals surface area contributed by atoms with Gasteiger partial charge in [-0.2, -0.15) is 4.31 Å². The van der Waals surface area contributed by atoms with E-state index in [1.807, 2.05) is 0 Å². The first-order chi connectivity index (χ1) is 14.5. The standard InChI is InChI=1S/C21H20ClN3O4S/c22-16-4-9-20-19(12-16)24-21(29-20)15(14-26)13-23-17-5-7-18(8-6-17)30(27,28)25-10-2-1-3-11-25/h4-9,12-14,23H,1-3,10-11H2. The van der Waals surface area contributed by atoms with Crippen LogP contribution in [-0.2, 0) is 14.8 Å². The van der Waals surface area contributed by atoms with E-state index in [1.165, 1.54) is 10.5 Å². The fourth-order valence-electron chi connectivity index (χ4n) is 3.31. The molecular weight excluding hydrogens is 426 g/mol. The lowest BCUT2D eigenvalue weighted by atomic mass is 10.2. The first kappa shape index (κ1) is 20.6. The summed E-state index contributed by atoms with van der Waals surface area (Å²) < 4.78 is 32.6. The minimum atomic E-state index is -3.48. The fraction of sp³-hybridized carbons (Fsp3) is 0.238. The van der Waals surface area contributed by atoms with E-state index in [0.717, 1.165) is 19.3 Å². The zero-order valence-electron chi connectivity index (χ0n) is 16.0. The molecule has 1 N–H and O–H groups in total. The van der Waals surface area contributed by atoms with Crippen LogP contribution in [0.5, 0.6) is 0 Å². The summed E-state index contributed by atoms with van der Waals surface area (Å²) in [5.41, 5.74) is 1.92. The molecule has 30 heavy (non-hydrogen) atoms. The number of sulfonamides is 1. The summed E-state index contributed by atoms with van der Waals surface area (Å²) in [6, 6.07) is 11.4. The summed E-state index contributed by atoms with van der Waals surface area (Å²) >= 11 is 5.95. The second-order valence-electron chi connectivity index (χ2n) is 6.98. The topological polar surface area (TPSA) is 92.5 Å². The van der Waals surface area contributed by atoms with Gasteiger partial charge in [-0.1, -0.05) is 18.0 Å². The van der Waals surface area contributed by atoms with Crippen LogP contribution in [0.1, 0.15) is 25.2 Å². The van der Waals surface area contributed by atoms with Crippen LogP contribution >= 0.6 is 11.6 Å². The Balaban J connectivity index is 1.51. The molecule has 1 aromatic heterocycles. The maximum atomic E-state index is 12.7. The van der Waals surface area contributed by atoms with Crippen molar-refractivity contribution >= 4 is 50.3 Å². The number of anilines is 1. The molecule has 9 heteroatoms. The SMILES string of the molecule is O=CC(=CNc1ccc(S(=O)(=O)N2CCCCC2)cc1)c1nc2cc(Cl)ccc2o1.